The van der Waals surface area contributed by atoms with Gasteiger partial charge < -0.3 is 15.4 Å². The first-order chi connectivity index (χ1) is 12.0. The van der Waals surface area contributed by atoms with Gasteiger partial charge in [-0.25, -0.2) is 0 Å². The van der Waals surface area contributed by atoms with E-state index in [1.807, 2.05) is 30.3 Å². The van der Waals surface area contributed by atoms with Crippen LogP contribution in [0.15, 0.2) is 52.3 Å². The van der Waals surface area contributed by atoms with E-state index < -0.39 is 0 Å². The Kier molecular flexibility index (Phi) is 7.16. The molecule has 0 aromatic heterocycles. The first-order valence-corrected chi connectivity index (χ1v) is 8.89. The average molecular weight is 379 g/mol. The summed E-state index contributed by atoms with van der Waals surface area (Å²) in [5.41, 5.74) is 0.583. The summed E-state index contributed by atoms with van der Waals surface area (Å²) >= 11 is 7.83. The minimum absolute atomic E-state index is 0.0629. The second-order valence-corrected chi connectivity index (χ2v) is 6.62. The fraction of sp³-hybridized carbons (Fsp3) is 0.222. The van der Waals surface area contributed by atoms with E-state index in [0.717, 1.165) is 15.5 Å². The van der Waals surface area contributed by atoms with Crippen LogP contribution in [0.3, 0.4) is 0 Å². The zero-order valence-corrected chi connectivity index (χ0v) is 15.5. The maximum absolute atomic E-state index is 11.8. The Hall–Kier alpha value is -2.18. The van der Waals surface area contributed by atoms with Crippen molar-refractivity contribution < 1.29 is 14.3 Å². The monoisotopic (exact) mass is 378 g/mol. The molecule has 7 heteroatoms. The molecule has 132 valence electrons. The molecule has 0 bridgehead atoms. The van der Waals surface area contributed by atoms with E-state index in [9.17, 15) is 9.59 Å². The van der Waals surface area contributed by atoms with Crippen molar-refractivity contribution in [3.63, 3.8) is 0 Å². The van der Waals surface area contributed by atoms with Gasteiger partial charge >= 0.3 is 0 Å². The molecule has 0 saturated heterocycles. The van der Waals surface area contributed by atoms with Crippen LogP contribution in [0.2, 0.25) is 5.02 Å². The summed E-state index contributed by atoms with van der Waals surface area (Å²) < 4.78 is 5.14. The van der Waals surface area contributed by atoms with Crippen LogP contribution in [-0.2, 0) is 9.59 Å². The summed E-state index contributed by atoms with van der Waals surface area (Å²) in [5.74, 6) is 0.330. The van der Waals surface area contributed by atoms with E-state index in [0.29, 0.717) is 17.1 Å². The van der Waals surface area contributed by atoms with Crippen LogP contribution in [0, 0.1) is 0 Å². The van der Waals surface area contributed by atoms with E-state index >= 15 is 0 Å². The lowest BCUT2D eigenvalue weighted by Gasteiger charge is -2.09. The summed E-state index contributed by atoms with van der Waals surface area (Å²) in [5, 5.41) is 5.76. The van der Waals surface area contributed by atoms with Crippen LogP contribution in [0.4, 0.5) is 5.69 Å². The average Bonchev–Trinajstić information content (AvgIpc) is 2.62. The van der Waals surface area contributed by atoms with Gasteiger partial charge in [-0.15, -0.1) is 0 Å². The largest absolute Gasteiger partial charge is 0.497 e. The number of carbonyl (C=O) groups is 2. The Morgan fingerprint density at radius 1 is 1.12 bits per heavy atom. The number of nitrogens with one attached hydrogen (secondary N) is 2. The van der Waals surface area contributed by atoms with E-state index in [-0.39, 0.29) is 18.4 Å². The van der Waals surface area contributed by atoms with Crippen molar-refractivity contribution in [3.05, 3.63) is 47.5 Å². The molecule has 2 amide bonds. The second-order valence-electron chi connectivity index (χ2n) is 5.10. The van der Waals surface area contributed by atoms with E-state index in [2.05, 4.69) is 10.6 Å². The highest BCUT2D eigenvalue weighted by atomic mass is 35.5. The molecule has 25 heavy (non-hydrogen) atoms. The number of benzene rings is 2. The van der Waals surface area contributed by atoms with Gasteiger partial charge in [-0.05, 0) is 42.5 Å². The van der Waals surface area contributed by atoms with Gasteiger partial charge in [-0.1, -0.05) is 30.3 Å². The van der Waals surface area contributed by atoms with Gasteiger partial charge in [0.1, 0.15) is 5.75 Å². The molecule has 0 fully saturated rings. The van der Waals surface area contributed by atoms with Gasteiger partial charge in [-0.2, -0.15) is 0 Å². The van der Waals surface area contributed by atoms with Gasteiger partial charge in [0.05, 0.1) is 18.7 Å². The van der Waals surface area contributed by atoms with Gasteiger partial charge in [0.25, 0.3) is 0 Å². The zero-order valence-electron chi connectivity index (χ0n) is 14.0. The van der Waals surface area contributed by atoms with Crippen molar-refractivity contribution in [3.8, 4) is 5.75 Å². The predicted octanol–water partition coefficient (Wildman–Crippen LogP) is 3.96. The molecule has 2 N–H and O–H groups in total. The molecule has 0 aliphatic rings. The smallest absolute Gasteiger partial charge is 0.243 e. The van der Waals surface area contributed by atoms with Crippen LogP contribution in [0.5, 0.6) is 5.75 Å². The molecule has 5 nitrogen and oxygen atoms in total. The highest BCUT2D eigenvalue weighted by Gasteiger charge is 2.08. The molecule has 0 unspecified atom stereocenters. The number of ether oxygens (including phenoxy) is 1. The maximum atomic E-state index is 11.8. The van der Waals surface area contributed by atoms with Crippen molar-refractivity contribution >= 4 is 40.9 Å². The van der Waals surface area contributed by atoms with Gasteiger partial charge in [0.2, 0.25) is 11.8 Å². The normalized spacial score (nSPS) is 10.2. The molecular weight excluding hydrogens is 360 g/mol. The standard InChI is InChI=1S/C18H19ClN2O3S/c1-3-17(22)20-11-18(23)21-12-4-9-16(15(19)10-12)25-14-7-5-13(24-2)6-8-14/h4-10H,3,11H2,1-2H3,(H,20,22)(H,21,23). The first kappa shape index (κ1) is 19.1. The Morgan fingerprint density at radius 2 is 1.84 bits per heavy atom. The lowest BCUT2D eigenvalue weighted by molar-refractivity contribution is -0.123. The molecule has 0 spiro atoms. The highest BCUT2D eigenvalue weighted by Crippen LogP contribution is 2.35. The van der Waals surface area contributed by atoms with Crippen molar-refractivity contribution in [2.45, 2.75) is 23.1 Å². The van der Waals surface area contributed by atoms with Crippen molar-refractivity contribution in [2.24, 2.45) is 0 Å². The quantitative estimate of drug-likeness (QED) is 0.765. The SMILES string of the molecule is CCC(=O)NCC(=O)Nc1ccc(Sc2ccc(OC)cc2)c(Cl)c1. The Balaban J connectivity index is 1.97. The lowest BCUT2D eigenvalue weighted by atomic mass is 10.3. The second kappa shape index (κ2) is 9.34. The van der Waals surface area contributed by atoms with Crippen LogP contribution >= 0.6 is 23.4 Å². The third-order valence-electron chi connectivity index (χ3n) is 3.27. The van der Waals surface area contributed by atoms with Gasteiger partial charge in [-0.3, -0.25) is 9.59 Å². The molecular formula is C18H19ClN2O3S. The summed E-state index contributed by atoms with van der Waals surface area (Å²) in [6.07, 6.45) is 0.344. The van der Waals surface area contributed by atoms with Crippen LogP contribution < -0.4 is 15.4 Å². The third kappa shape index (κ3) is 5.99. The Bertz CT molecular complexity index is 750. The number of hydrogen-bond donors (Lipinski definition) is 2. The molecule has 0 saturated carbocycles. The number of carbonyl (C=O) groups excluding carboxylic acids is 2. The van der Waals surface area contributed by atoms with E-state index in [1.54, 1.807) is 26.2 Å². The zero-order chi connectivity index (χ0) is 18.2. The van der Waals surface area contributed by atoms with Crippen LogP contribution in [0.1, 0.15) is 13.3 Å². The number of hydrogen-bond acceptors (Lipinski definition) is 4. The Morgan fingerprint density at radius 3 is 2.44 bits per heavy atom. The van der Waals surface area contributed by atoms with Crippen LogP contribution in [-0.4, -0.2) is 25.5 Å². The van der Waals surface area contributed by atoms with Crippen molar-refractivity contribution in [2.75, 3.05) is 19.0 Å². The predicted molar refractivity (Wildman–Crippen MR) is 100 cm³/mol. The number of amides is 2. The molecule has 0 aliphatic heterocycles. The summed E-state index contributed by atoms with van der Waals surface area (Å²) in [6, 6.07) is 13.0. The molecule has 2 rings (SSSR count). The highest BCUT2D eigenvalue weighted by molar-refractivity contribution is 7.99. The summed E-state index contributed by atoms with van der Waals surface area (Å²) in [6.45, 7) is 1.67. The fourth-order valence-electron chi connectivity index (χ4n) is 1.94. The van der Waals surface area contributed by atoms with Crippen molar-refractivity contribution in [1.82, 2.24) is 5.32 Å². The van der Waals surface area contributed by atoms with Crippen molar-refractivity contribution in [1.29, 1.82) is 0 Å². The van der Waals surface area contributed by atoms with E-state index in [4.69, 9.17) is 16.3 Å². The minimum Gasteiger partial charge on any atom is -0.497 e. The van der Waals surface area contributed by atoms with Crippen LogP contribution in [0.25, 0.3) is 0 Å². The lowest BCUT2D eigenvalue weighted by Crippen LogP contribution is -2.32. The molecule has 0 radical (unpaired) electrons. The first-order valence-electron chi connectivity index (χ1n) is 7.70. The molecule has 2 aromatic rings. The van der Waals surface area contributed by atoms with Gasteiger partial charge in [0, 0.05) is 21.9 Å². The molecule has 0 aliphatic carbocycles. The number of anilines is 1. The number of halogens is 1. The maximum Gasteiger partial charge on any atom is 0.243 e. The van der Waals surface area contributed by atoms with Gasteiger partial charge in [0.15, 0.2) is 0 Å². The fourth-order valence-corrected chi connectivity index (χ4v) is 3.06. The summed E-state index contributed by atoms with van der Waals surface area (Å²) in [7, 11) is 1.62. The topological polar surface area (TPSA) is 67.4 Å². The van der Waals surface area contributed by atoms with E-state index in [1.165, 1.54) is 11.8 Å². The molecule has 0 atom stereocenters. The Labute approximate surface area is 156 Å². The minimum atomic E-state index is -0.298. The third-order valence-corrected chi connectivity index (χ3v) is 4.78. The number of methoxy groups -OCH3 is 1. The molecule has 0 heterocycles. The summed E-state index contributed by atoms with van der Waals surface area (Å²) in [4.78, 5) is 24.9. The number of rotatable bonds is 7. The molecule has 2 aromatic carbocycles.